The SMILES string of the molecule is Cc1ccc(Oc2nc3c(cc2CN)CCCC3)c(C)c1. The number of fused-ring (bicyclic) bond motifs is 1. The molecule has 2 aromatic rings. The van der Waals surface area contributed by atoms with Gasteiger partial charge in [-0.25, -0.2) is 4.98 Å². The molecule has 1 aliphatic carbocycles. The summed E-state index contributed by atoms with van der Waals surface area (Å²) in [5, 5.41) is 0. The predicted octanol–water partition coefficient (Wildman–Crippen LogP) is 3.83. The predicted molar refractivity (Wildman–Crippen MR) is 84.8 cm³/mol. The minimum atomic E-state index is 0.459. The molecular weight excluding hydrogens is 260 g/mol. The van der Waals surface area contributed by atoms with Crippen LogP contribution in [0.4, 0.5) is 0 Å². The molecular formula is C18H22N2O. The van der Waals surface area contributed by atoms with Crippen LogP contribution in [-0.4, -0.2) is 4.98 Å². The van der Waals surface area contributed by atoms with Crippen LogP contribution in [-0.2, 0) is 19.4 Å². The lowest BCUT2D eigenvalue weighted by Gasteiger charge is -2.19. The van der Waals surface area contributed by atoms with Crippen molar-refractivity contribution in [1.82, 2.24) is 4.98 Å². The third-order valence-corrected chi connectivity index (χ3v) is 4.10. The standard InChI is InChI=1S/C18H22N2O/c1-12-7-8-17(13(2)9-12)21-18-15(11-19)10-14-5-3-4-6-16(14)20-18/h7-10H,3-6,11,19H2,1-2H3. The van der Waals surface area contributed by atoms with Gasteiger partial charge in [-0.2, -0.15) is 0 Å². The van der Waals surface area contributed by atoms with Gasteiger partial charge in [0.15, 0.2) is 0 Å². The van der Waals surface area contributed by atoms with Crippen LogP contribution in [0, 0.1) is 13.8 Å². The third kappa shape index (κ3) is 2.93. The van der Waals surface area contributed by atoms with Crippen LogP contribution in [0.15, 0.2) is 24.3 Å². The molecule has 21 heavy (non-hydrogen) atoms. The summed E-state index contributed by atoms with van der Waals surface area (Å²) in [5.41, 5.74) is 11.8. The summed E-state index contributed by atoms with van der Waals surface area (Å²) in [6, 6.07) is 8.37. The zero-order chi connectivity index (χ0) is 14.8. The van der Waals surface area contributed by atoms with Crippen molar-refractivity contribution in [2.75, 3.05) is 0 Å². The number of rotatable bonds is 3. The lowest BCUT2D eigenvalue weighted by atomic mass is 9.95. The molecule has 3 rings (SSSR count). The van der Waals surface area contributed by atoms with Crippen LogP contribution in [0.5, 0.6) is 11.6 Å². The summed E-state index contributed by atoms with van der Waals surface area (Å²) in [4.78, 5) is 4.74. The molecule has 1 aliphatic rings. The minimum Gasteiger partial charge on any atom is -0.438 e. The van der Waals surface area contributed by atoms with E-state index in [1.165, 1.54) is 29.7 Å². The van der Waals surface area contributed by atoms with Crippen molar-refractivity contribution in [3.63, 3.8) is 0 Å². The Kier molecular flexibility index (Phi) is 3.93. The monoisotopic (exact) mass is 282 g/mol. The first kappa shape index (κ1) is 14.1. The largest absolute Gasteiger partial charge is 0.438 e. The van der Waals surface area contributed by atoms with Crippen LogP contribution < -0.4 is 10.5 Å². The fourth-order valence-electron chi connectivity index (χ4n) is 2.91. The highest BCUT2D eigenvalue weighted by molar-refractivity contribution is 5.42. The lowest BCUT2D eigenvalue weighted by Crippen LogP contribution is -2.10. The molecule has 3 nitrogen and oxygen atoms in total. The molecule has 110 valence electrons. The molecule has 3 heteroatoms. The molecule has 0 atom stereocenters. The maximum Gasteiger partial charge on any atom is 0.223 e. The second-order valence-electron chi connectivity index (χ2n) is 5.84. The number of hydrogen-bond donors (Lipinski definition) is 1. The van der Waals surface area contributed by atoms with Crippen LogP contribution in [0.3, 0.4) is 0 Å². The van der Waals surface area contributed by atoms with Gasteiger partial charge in [0.1, 0.15) is 5.75 Å². The highest BCUT2D eigenvalue weighted by Crippen LogP contribution is 2.30. The van der Waals surface area contributed by atoms with Crippen LogP contribution in [0.1, 0.15) is 40.8 Å². The van der Waals surface area contributed by atoms with Crippen LogP contribution in [0.2, 0.25) is 0 Å². The number of benzene rings is 1. The molecule has 0 bridgehead atoms. The van der Waals surface area contributed by atoms with Crippen molar-refractivity contribution in [1.29, 1.82) is 0 Å². The Bertz CT molecular complexity index is 665. The first-order valence-corrected chi connectivity index (χ1v) is 7.64. The lowest BCUT2D eigenvalue weighted by molar-refractivity contribution is 0.448. The van der Waals surface area contributed by atoms with E-state index >= 15 is 0 Å². The fraction of sp³-hybridized carbons (Fsp3) is 0.389. The Balaban J connectivity index is 1.97. The van der Waals surface area contributed by atoms with Crippen molar-refractivity contribution in [2.45, 2.75) is 46.1 Å². The van der Waals surface area contributed by atoms with Crippen molar-refractivity contribution in [2.24, 2.45) is 5.73 Å². The minimum absolute atomic E-state index is 0.459. The molecule has 1 heterocycles. The fourth-order valence-corrected chi connectivity index (χ4v) is 2.91. The summed E-state index contributed by atoms with van der Waals surface area (Å²) in [6.45, 7) is 4.60. The van der Waals surface area contributed by atoms with E-state index in [1.807, 2.05) is 6.07 Å². The van der Waals surface area contributed by atoms with Crippen molar-refractivity contribution < 1.29 is 4.74 Å². The normalized spacial score (nSPS) is 13.9. The number of aromatic nitrogens is 1. The van der Waals surface area contributed by atoms with Gasteiger partial charge in [0.05, 0.1) is 0 Å². The zero-order valence-electron chi connectivity index (χ0n) is 12.8. The van der Waals surface area contributed by atoms with E-state index in [0.717, 1.165) is 29.7 Å². The third-order valence-electron chi connectivity index (χ3n) is 4.10. The maximum atomic E-state index is 6.06. The number of nitrogens with two attached hydrogens (primary N) is 1. The zero-order valence-corrected chi connectivity index (χ0v) is 12.8. The molecule has 1 aromatic carbocycles. The Morgan fingerprint density at radius 1 is 1.14 bits per heavy atom. The number of ether oxygens (including phenoxy) is 1. The molecule has 0 spiro atoms. The Morgan fingerprint density at radius 2 is 1.95 bits per heavy atom. The van der Waals surface area contributed by atoms with Crippen LogP contribution in [0.25, 0.3) is 0 Å². The summed E-state index contributed by atoms with van der Waals surface area (Å²) in [5.74, 6) is 1.53. The molecule has 0 radical (unpaired) electrons. The van der Waals surface area contributed by atoms with E-state index in [4.69, 9.17) is 15.5 Å². The number of aryl methyl sites for hydroxylation is 4. The Morgan fingerprint density at radius 3 is 2.71 bits per heavy atom. The highest BCUT2D eigenvalue weighted by Gasteiger charge is 2.16. The second kappa shape index (κ2) is 5.86. The van der Waals surface area contributed by atoms with Gasteiger partial charge in [-0.05, 0) is 62.8 Å². The van der Waals surface area contributed by atoms with Crippen molar-refractivity contribution in [3.8, 4) is 11.6 Å². The van der Waals surface area contributed by atoms with E-state index in [-0.39, 0.29) is 0 Å². The second-order valence-corrected chi connectivity index (χ2v) is 5.84. The van der Waals surface area contributed by atoms with E-state index in [2.05, 4.69) is 32.0 Å². The van der Waals surface area contributed by atoms with Gasteiger partial charge in [0.25, 0.3) is 0 Å². The number of hydrogen-bond acceptors (Lipinski definition) is 3. The number of pyridine rings is 1. The van der Waals surface area contributed by atoms with Gasteiger partial charge in [0, 0.05) is 17.8 Å². The molecule has 0 aliphatic heterocycles. The number of nitrogens with zero attached hydrogens (tertiary/aromatic N) is 1. The van der Waals surface area contributed by atoms with Gasteiger partial charge in [-0.3, -0.25) is 0 Å². The average molecular weight is 282 g/mol. The summed E-state index contributed by atoms with van der Waals surface area (Å²) < 4.78 is 6.06. The molecule has 0 unspecified atom stereocenters. The molecule has 1 aromatic heterocycles. The summed E-state index contributed by atoms with van der Waals surface area (Å²) >= 11 is 0. The first-order valence-electron chi connectivity index (χ1n) is 7.64. The molecule has 0 saturated heterocycles. The van der Waals surface area contributed by atoms with Crippen molar-refractivity contribution >= 4 is 0 Å². The van der Waals surface area contributed by atoms with E-state index in [9.17, 15) is 0 Å². The van der Waals surface area contributed by atoms with Gasteiger partial charge in [0.2, 0.25) is 5.88 Å². The van der Waals surface area contributed by atoms with Gasteiger partial charge in [-0.15, -0.1) is 0 Å². The van der Waals surface area contributed by atoms with Gasteiger partial charge < -0.3 is 10.5 Å². The van der Waals surface area contributed by atoms with E-state index in [0.29, 0.717) is 12.4 Å². The molecule has 0 amide bonds. The van der Waals surface area contributed by atoms with E-state index < -0.39 is 0 Å². The molecule has 0 saturated carbocycles. The smallest absolute Gasteiger partial charge is 0.223 e. The first-order chi connectivity index (χ1) is 10.2. The van der Waals surface area contributed by atoms with E-state index in [1.54, 1.807) is 0 Å². The maximum absolute atomic E-state index is 6.06. The Hall–Kier alpha value is -1.87. The average Bonchev–Trinajstić information content (AvgIpc) is 2.49. The molecule has 0 fully saturated rings. The topological polar surface area (TPSA) is 48.1 Å². The Labute approximate surface area is 126 Å². The molecule has 2 N–H and O–H groups in total. The van der Waals surface area contributed by atoms with Gasteiger partial charge >= 0.3 is 0 Å². The quantitative estimate of drug-likeness (QED) is 0.930. The van der Waals surface area contributed by atoms with Crippen molar-refractivity contribution in [3.05, 3.63) is 52.2 Å². The van der Waals surface area contributed by atoms with Crippen LogP contribution >= 0.6 is 0 Å². The summed E-state index contributed by atoms with van der Waals surface area (Å²) in [6.07, 6.45) is 4.61. The highest BCUT2D eigenvalue weighted by atomic mass is 16.5. The van der Waals surface area contributed by atoms with Gasteiger partial charge in [-0.1, -0.05) is 17.7 Å². The summed E-state index contributed by atoms with van der Waals surface area (Å²) in [7, 11) is 0.